The van der Waals surface area contributed by atoms with E-state index in [1.165, 1.54) is 4.52 Å². The van der Waals surface area contributed by atoms with Crippen molar-refractivity contribution in [2.75, 3.05) is 11.5 Å². The van der Waals surface area contributed by atoms with E-state index >= 15 is 0 Å². The Morgan fingerprint density at radius 1 is 1.25 bits per heavy atom. The Balaban J connectivity index is 1.89. The van der Waals surface area contributed by atoms with Crippen LogP contribution < -0.4 is 5.73 Å². The summed E-state index contributed by atoms with van der Waals surface area (Å²) >= 11 is 0. The maximum absolute atomic E-state index is 12.4. The largest absolute Gasteiger partial charge is 0.384 e. The highest BCUT2D eigenvalue weighted by Gasteiger charge is 2.32. The molecule has 1 unspecified atom stereocenters. The zero-order chi connectivity index (χ0) is 16.9. The lowest BCUT2D eigenvalue weighted by Gasteiger charge is -2.22. The van der Waals surface area contributed by atoms with Gasteiger partial charge in [0.2, 0.25) is 0 Å². The Labute approximate surface area is 139 Å². The van der Waals surface area contributed by atoms with Gasteiger partial charge in [-0.15, -0.1) is 0 Å². The van der Waals surface area contributed by atoms with Gasteiger partial charge in [0.25, 0.3) is 0 Å². The van der Waals surface area contributed by atoms with E-state index in [0.717, 1.165) is 17.5 Å². The number of nitrogens with two attached hydrogens (primary N) is 1. The highest BCUT2D eigenvalue weighted by atomic mass is 32.2. The molecule has 9 heteroatoms. The molecule has 1 aliphatic heterocycles. The Kier molecular flexibility index (Phi) is 3.34. The third-order valence-electron chi connectivity index (χ3n) is 4.44. The van der Waals surface area contributed by atoms with Crippen molar-refractivity contribution in [2.45, 2.75) is 24.5 Å². The van der Waals surface area contributed by atoms with Gasteiger partial charge in [-0.3, -0.25) is 4.68 Å². The van der Waals surface area contributed by atoms with Crippen molar-refractivity contribution in [1.82, 2.24) is 24.4 Å². The number of sulfone groups is 1. The second kappa shape index (κ2) is 5.30. The summed E-state index contributed by atoms with van der Waals surface area (Å²) in [4.78, 5) is 4.61. The summed E-state index contributed by atoms with van der Waals surface area (Å²) in [7, 11) is -1.35. The minimum Gasteiger partial charge on any atom is -0.384 e. The van der Waals surface area contributed by atoms with Crippen LogP contribution in [0.1, 0.15) is 30.2 Å². The van der Waals surface area contributed by atoms with Gasteiger partial charge >= 0.3 is 0 Å². The molecule has 1 aliphatic rings. The van der Waals surface area contributed by atoms with Crippen molar-refractivity contribution >= 4 is 21.3 Å². The monoisotopic (exact) mass is 346 g/mol. The third kappa shape index (κ3) is 2.35. The number of anilines is 1. The quantitative estimate of drug-likeness (QED) is 0.750. The minimum absolute atomic E-state index is 0.207. The normalized spacial score (nSPS) is 20.5. The van der Waals surface area contributed by atoms with Gasteiger partial charge in [-0.25, -0.2) is 13.4 Å². The first-order valence-corrected chi connectivity index (χ1v) is 9.52. The molecule has 0 aromatic carbocycles. The molecular formula is C15H18N6O2S. The average molecular weight is 346 g/mol. The standard InChI is InChI=1S/C15H18N6O2S/c1-20-9-10(7-17-20)11-8-18-21-14(16)6-12(19-15(11)21)13-4-2-3-5-24(13,22)23/h6-9,13H,2-5,16H2,1H3. The number of aryl methyl sites for hydroxylation is 1. The molecule has 0 aliphatic carbocycles. The molecule has 4 heterocycles. The van der Waals surface area contributed by atoms with Crippen LogP contribution in [-0.4, -0.2) is 38.5 Å². The molecule has 24 heavy (non-hydrogen) atoms. The number of aromatic nitrogens is 5. The maximum atomic E-state index is 12.4. The van der Waals surface area contributed by atoms with Gasteiger partial charge < -0.3 is 5.73 Å². The Bertz CT molecular complexity index is 1020. The Morgan fingerprint density at radius 3 is 2.79 bits per heavy atom. The van der Waals surface area contributed by atoms with Crippen molar-refractivity contribution in [3.05, 3.63) is 30.4 Å². The summed E-state index contributed by atoms with van der Waals surface area (Å²) in [5, 5.41) is 7.84. The Hall–Kier alpha value is -2.42. The second-order valence-electron chi connectivity index (χ2n) is 6.15. The molecule has 1 atom stereocenters. The first-order valence-electron chi connectivity index (χ1n) is 7.80. The maximum Gasteiger partial charge on any atom is 0.165 e. The van der Waals surface area contributed by atoms with Gasteiger partial charge in [-0.05, 0) is 12.8 Å². The first kappa shape index (κ1) is 15.1. The van der Waals surface area contributed by atoms with Crippen LogP contribution in [0.15, 0.2) is 24.7 Å². The predicted molar refractivity (Wildman–Crippen MR) is 90.0 cm³/mol. The molecule has 4 rings (SSSR count). The highest BCUT2D eigenvalue weighted by Crippen LogP contribution is 2.34. The topological polar surface area (TPSA) is 108 Å². The molecule has 0 saturated carbocycles. The molecule has 126 valence electrons. The zero-order valence-electron chi connectivity index (χ0n) is 13.3. The number of nitrogen functional groups attached to an aromatic ring is 1. The van der Waals surface area contributed by atoms with Crippen molar-refractivity contribution in [2.24, 2.45) is 7.05 Å². The summed E-state index contributed by atoms with van der Waals surface area (Å²) in [6.45, 7) is 0. The molecule has 3 aromatic heterocycles. The van der Waals surface area contributed by atoms with Gasteiger partial charge in [0.15, 0.2) is 15.5 Å². The molecule has 1 fully saturated rings. The minimum atomic E-state index is -3.18. The van der Waals surface area contributed by atoms with E-state index in [4.69, 9.17) is 5.73 Å². The first-order chi connectivity index (χ1) is 11.5. The second-order valence-corrected chi connectivity index (χ2v) is 8.46. The van der Waals surface area contributed by atoms with Crippen LogP contribution in [0.25, 0.3) is 16.8 Å². The molecule has 0 bridgehead atoms. The molecule has 2 N–H and O–H groups in total. The van der Waals surface area contributed by atoms with E-state index in [1.54, 1.807) is 23.1 Å². The molecular weight excluding hydrogens is 328 g/mol. The lowest BCUT2D eigenvalue weighted by atomic mass is 10.1. The van der Waals surface area contributed by atoms with Crippen LogP contribution in [-0.2, 0) is 16.9 Å². The molecule has 1 saturated heterocycles. The zero-order valence-corrected chi connectivity index (χ0v) is 14.1. The van der Waals surface area contributed by atoms with E-state index in [0.29, 0.717) is 30.0 Å². The van der Waals surface area contributed by atoms with Crippen molar-refractivity contribution in [1.29, 1.82) is 0 Å². The van der Waals surface area contributed by atoms with Gasteiger partial charge in [0, 0.05) is 30.4 Å². The summed E-state index contributed by atoms with van der Waals surface area (Å²) < 4.78 is 28.0. The molecule has 3 aromatic rings. The van der Waals surface area contributed by atoms with E-state index in [1.807, 2.05) is 13.2 Å². The van der Waals surface area contributed by atoms with Gasteiger partial charge in [0.1, 0.15) is 11.1 Å². The van der Waals surface area contributed by atoms with Crippen LogP contribution >= 0.6 is 0 Å². The van der Waals surface area contributed by atoms with E-state index in [9.17, 15) is 8.42 Å². The number of hydrogen-bond acceptors (Lipinski definition) is 6. The summed E-state index contributed by atoms with van der Waals surface area (Å²) in [5.41, 5.74) is 8.80. The molecule has 0 amide bonds. The fourth-order valence-corrected chi connectivity index (χ4v) is 5.13. The molecule has 0 radical (unpaired) electrons. The molecule has 0 spiro atoms. The van der Waals surface area contributed by atoms with E-state index in [2.05, 4.69) is 15.2 Å². The third-order valence-corrected chi connectivity index (χ3v) is 6.65. The number of rotatable bonds is 2. The van der Waals surface area contributed by atoms with Gasteiger partial charge in [-0.2, -0.15) is 14.7 Å². The fraction of sp³-hybridized carbons (Fsp3) is 0.400. The predicted octanol–water partition coefficient (Wildman–Crippen LogP) is 1.35. The summed E-state index contributed by atoms with van der Waals surface area (Å²) in [6, 6.07) is 1.63. The fourth-order valence-electron chi connectivity index (χ4n) is 3.22. The lowest BCUT2D eigenvalue weighted by Crippen LogP contribution is -2.23. The number of fused-ring (bicyclic) bond motifs is 1. The van der Waals surface area contributed by atoms with Crippen LogP contribution in [0.4, 0.5) is 5.82 Å². The SMILES string of the molecule is Cn1cc(-c2cnn3c(N)cc(C4CCCCS4(=O)=O)nc23)cn1. The highest BCUT2D eigenvalue weighted by molar-refractivity contribution is 7.91. The summed E-state index contributed by atoms with van der Waals surface area (Å²) in [6.07, 6.45) is 7.43. The molecule has 8 nitrogen and oxygen atoms in total. The van der Waals surface area contributed by atoms with Crippen LogP contribution in [0.5, 0.6) is 0 Å². The van der Waals surface area contributed by atoms with Crippen molar-refractivity contribution in [3.8, 4) is 11.1 Å². The van der Waals surface area contributed by atoms with Crippen LogP contribution in [0.3, 0.4) is 0 Å². The van der Waals surface area contributed by atoms with Crippen LogP contribution in [0.2, 0.25) is 0 Å². The van der Waals surface area contributed by atoms with E-state index < -0.39 is 15.1 Å². The van der Waals surface area contributed by atoms with Crippen molar-refractivity contribution < 1.29 is 8.42 Å². The van der Waals surface area contributed by atoms with Crippen LogP contribution in [0, 0.1) is 0 Å². The Morgan fingerprint density at radius 2 is 2.08 bits per heavy atom. The number of hydrogen-bond donors (Lipinski definition) is 1. The van der Waals surface area contributed by atoms with Gasteiger partial charge in [0.05, 0.1) is 23.8 Å². The summed E-state index contributed by atoms with van der Waals surface area (Å²) in [5.74, 6) is 0.588. The average Bonchev–Trinajstić information content (AvgIpc) is 3.13. The smallest absolute Gasteiger partial charge is 0.165 e. The number of nitrogens with zero attached hydrogens (tertiary/aromatic N) is 5. The lowest BCUT2D eigenvalue weighted by molar-refractivity contribution is 0.543. The van der Waals surface area contributed by atoms with E-state index in [-0.39, 0.29) is 5.75 Å². The van der Waals surface area contributed by atoms with Gasteiger partial charge in [-0.1, -0.05) is 6.42 Å². The van der Waals surface area contributed by atoms with Crippen molar-refractivity contribution in [3.63, 3.8) is 0 Å².